The van der Waals surface area contributed by atoms with Crippen molar-refractivity contribution in [3.05, 3.63) is 83.9 Å². The van der Waals surface area contributed by atoms with Crippen LogP contribution in [-0.2, 0) is 11.3 Å². The van der Waals surface area contributed by atoms with Crippen molar-refractivity contribution in [2.75, 3.05) is 0 Å². The van der Waals surface area contributed by atoms with Crippen molar-refractivity contribution >= 4 is 17.1 Å². The summed E-state index contributed by atoms with van der Waals surface area (Å²) in [4.78, 5) is 16.4. The largest absolute Gasteiger partial charge is 0.508 e. The number of hydrogen-bond donors (Lipinski definition) is 1. The molecule has 26 heavy (non-hydrogen) atoms. The van der Waals surface area contributed by atoms with Crippen LogP contribution in [-0.4, -0.2) is 16.1 Å². The van der Waals surface area contributed by atoms with Gasteiger partial charge < -0.3 is 14.3 Å². The molecule has 1 aromatic heterocycles. The number of rotatable bonds is 4. The second kappa shape index (κ2) is 6.72. The van der Waals surface area contributed by atoms with E-state index in [9.17, 15) is 9.90 Å². The van der Waals surface area contributed by atoms with Crippen molar-refractivity contribution in [3.63, 3.8) is 0 Å². The minimum Gasteiger partial charge on any atom is -0.508 e. The summed E-state index contributed by atoms with van der Waals surface area (Å²) in [5.41, 5.74) is 3.67. The highest BCUT2D eigenvalue weighted by Gasteiger charge is 2.09. The van der Waals surface area contributed by atoms with Gasteiger partial charge in [-0.1, -0.05) is 24.3 Å². The van der Waals surface area contributed by atoms with Gasteiger partial charge in [-0.2, -0.15) is 0 Å². The topological polar surface area (TPSA) is 72.6 Å². The fourth-order valence-electron chi connectivity index (χ4n) is 2.57. The Bertz CT molecular complexity index is 1020. The summed E-state index contributed by atoms with van der Waals surface area (Å²) in [6, 6.07) is 21.1. The van der Waals surface area contributed by atoms with Crippen LogP contribution in [0.4, 0.5) is 0 Å². The van der Waals surface area contributed by atoms with Gasteiger partial charge in [0.15, 0.2) is 5.58 Å². The number of aromatic hydroxyl groups is 1. The standard InChI is InChI=1S/C21H15NO4/c23-17-11-9-16(10-12-17)21(24)25-13-14-5-7-15(8-6-14)20-22-18-3-1-2-4-19(18)26-20/h1-12,23H,13H2. The number of para-hydroxylation sites is 2. The maximum absolute atomic E-state index is 12.0. The second-order valence-electron chi connectivity index (χ2n) is 5.81. The van der Waals surface area contributed by atoms with Crippen LogP contribution in [0, 0.1) is 0 Å². The lowest BCUT2D eigenvalue weighted by Gasteiger charge is -2.05. The van der Waals surface area contributed by atoms with Crippen molar-refractivity contribution in [2.45, 2.75) is 6.61 Å². The van der Waals surface area contributed by atoms with E-state index in [1.807, 2.05) is 48.5 Å². The highest BCUT2D eigenvalue weighted by Crippen LogP contribution is 2.24. The summed E-state index contributed by atoms with van der Waals surface area (Å²) in [5.74, 6) is 0.225. The zero-order valence-electron chi connectivity index (χ0n) is 13.8. The maximum Gasteiger partial charge on any atom is 0.338 e. The third kappa shape index (κ3) is 3.28. The molecule has 3 aromatic carbocycles. The molecule has 0 aliphatic carbocycles. The molecule has 5 heteroatoms. The first kappa shape index (κ1) is 15.9. The predicted octanol–water partition coefficient (Wildman–Crippen LogP) is 4.56. The van der Waals surface area contributed by atoms with Gasteiger partial charge in [0.25, 0.3) is 0 Å². The van der Waals surface area contributed by atoms with Crippen LogP contribution in [0.25, 0.3) is 22.6 Å². The molecule has 0 unspecified atom stereocenters. The number of phenols is 1. The van der Waals surface area contributed by atoms with Gasteiger partial charge in [-0.25, -0.2) is 9.78 Å². The number of aromatic nitrogens is 1. The lowest BCUT2D eigenvalue weighted by atomic mass is 10.1. The first-order chi connectivity index (χ1) is 12.7. The van der Waals surface area contributed by atoms with Crippen LogP contribution >= 0.6 is 0 Å². The number of fused-ring (bicyclic) bond motifs is 1. The van der Waals surface area contributed by atoms with E-state index in [2.05, 4.69) is 4.98 Å². The highest BCUT2D eigenvalue weighted by molar-refractivity contribution is 5.89. The van der Waals surface area contributed by atoms with Gasteiger partial charge >= 0.3 is 5.97 Å². The van der Waals surface area contributed by atoms with E-state index in [4.69, 9.17) is 9.15 Å². The molecule has 5 nitrogen and oxygen atoms in total. The molecule has 0 atom stereocenters. The number of phenolic OH excluding ortho intramolecular Hbond substituents is 1. The number of hydrogen-bond acceptors (Lipinski definition) is 5. The van der Waals surface area contributed by atoms with E-state index in [0.29, 0.717) is 11.5 Å². The molecule has 0 radical (unpaired) electrons. The number of esters is 1. The molecule has 128 valence electrons. The third-order valence-corrected chi connectivity index (χ3v) is 3.97. The summed E-state index contributed by atoms with van der Waals surface area (Å²) in [6.07, 6.45) is 0. The van der Waals surface area contributed by atoms with Crippen molar-refractivity contribution in [2.24, 2.45) is 0 Å². The van der Waals surface area contributed by atoms with Crippen molar-refractivity contribution in [1.82, 2.24) is 4.98 Å². The fraction of sp³-hybridized carbons (Fsp3) is 0.0476. The molecule has 0 fully saturated rings. The Morgan fingerprint density at radius 2 is 1.69 bits per heavy atom. The van der Waals surface area contributed by atoms with Crippen LogP contribution in [0.15, 0.2) is 77.2 Å². The number of carbonyl (C=O) groups excluding carboxylic acids is 1. The molecular weight excluding hydrogens is 330 g/mol. The number of oxazole rings is 1. The maximum atomic E-state index is 12.0. The molecule has 0 saturated carbocycles. The predicted molar refractivity (Wildman–Crippen MR) is 96.7 cm³/mol. The van der Waals surface area contributed by atoms with Gasteiger partial charge in [0.2, 0.25) is 5.89 Å². The Labute approximate surface area is 149 Å². The lowest BCUT2D eigenvalue weighted by molar-refractivity contribution is 0.0472. The van der Waals surface area contributed by atoms with Gasteiger partial charge in [-0.3, -0.25) is 0 Å². The third-order valence-electron chi connectivity index (χ3n) is 3.97. The fourth-order valence-corrected chi connectivity index (χ4v) is 2.57. The van der Waals surface area contributed by atoms with Crippen molar-refractivity contribution in [3.8, 4) is 17.2 Å². The molecule has 4 rings (SSSR count). The van der Waals surface area contributed by atoms with E-state index in [1.54, 1.807) is 0 Å². The molecule has 0 saturated heterocycles. The van der Waals surface area contributed by atoms with Crippen molar-refractivity contribution < 1.29 is 19.1 Å². The average Bonchev–Trinajstić information content (AvgIpc) is 3.11. The zero-order chi connectivity index (χ0) is 17.9. The molecule has 1 N–H and O–H groups in total. The van der Waals surface area contributed by atoms with E-state index in [-0.39, 0.29) is 12.4 Å². The van der Waals surface area contributed by atoms with Crippen molar-refractivity contribution in [1.29, 1.82) is 0 Å². The molecule has 0 bridgehead atoms. The summed E-state index contributed by atoms with van der Waals surface area (Å²) in [5, 5.41) is 9.25. The number of benzene rings is 3. The molecule has 0 aliphatic rings. The van der Waals surface area contributed by atoms with Crippen LogP contribution in [0.5, 0.6) is 5.75 Å². The van der Waals surface area contributed by atoms with E-state index in [1.165, 1.54) is 24.3 Å². The van der Waals surface area contributed by atoms with Crippen LogP contribution in [0.2, 0.25) is 0 Å². The average molecular weight is 345 g/mol. The Kier molecular flexibility index (Phi) is 4.11. The first-order valence-corrected chi connectivity index (χ1v) is 8.10. The van der Waals surface area contributed by atoms with Gasteiger partial charge in [-0.05, 0) is 54.1 Å². The van der Waals surface area contributed by atoms with Gasteiger partial charge in [-0.15, -0.1) is 0 Å². The van der Waals surface area contributed by atoms with E-state index in [0.717, 1.165) is 22.2 Å². The van der Waals surface area contributed by atoms with Crippen LogP contribution in [0.1, 0.15) is 15.9 Å². The Hall–Kier alpha value is -3.60. The smallest absolute Gasteiger partial charge is 0.338 e. The summed E-state index contributed by atoms with van der Waals surface area (Å²) < 4.78 is 11.0. The van der Waals surface area contributed by atoms with Gasteiger partial charge in [0.1, 0.15) is 17.9 Å². The Morgan fingerprint density at radius 1 is 0.962 bits per heavy atom. The molecule has 1 heterocycles. The summed E-state index contributed by atoms with van der Waals surface area (Å²) >= 11 is 0. The second-order valence-corrected chi connectivity index (χ2v) is 5.81. The van der Waals surface area contributed by atoms with Gasteiger partial charge in [0, 0.05) is 5.56 Å². The van der Waals surface area contributed by atoms with E-state index >= 15 is 0 Å². The molecule has 4 aromatic rings. The SMILES string of the molecule is O=C(OCc1ccc(-c2nc3ccccc3o2)cc1)c1ccc(O)cc1. The van der Waals surface area contributed by atoms with Crippen LogP contribution < -0.4 is 0 Å². The molecule has 0 spiro atoms. The summed E-state index contributed by atoms with van der Waals surface area (Å²) in [7, 11) is 0. The number of ether oxygens (including phenoxy) is 1. The minimum atomic E-state index is -0.437. The van der Waals surface area contributed by atoms with Gasteiger partial charge in [0.05, 0.1) is 5.56 Å². The zero-order valence-corrected chi connectivity index (χ0v) is 13.8. The first-order valence-electron chi connectivity index (χ1n) is 8.10. The minimum absolute atomic E-state index is 0.108. The Morgan fingerprint density at radius 3 is 2.42 bits per heavy atom. The molecule has 0 aliphatic heterocycles. The highest BCUT2D eigenvalue weighted by atomic mass is 16.5. The normalized spacial score (nSPS) is 10.8. The molecule has 0 amide bonds. The summed E-state index contributed by atoms with van der Waals surface area (Å²) in [6.45, 7) is 0.160. The monoisotopic (exact) mass is 345 g/mol. The lowest BCUT2D eigenvalue weighted by Crippen LogP contribution is -2.04. The van der Waals surface area contributed by atoms with Crippen LogP contribution in [0.3, 0.4) is 0 Å². The quantitative estimate of drug-likeness (QED) is 0.549. The van der Waals surface area contributed by atoms with E-state index < -0.39 is 5.97 Å². The molecular formula is C21H15NO4. The number of nitrogens with zero attached hydrogens (tertiary/aromatic N) is 1. The Balaban J connectivity index is 1.44. The number of carbonyl (C=O) groups is 1.